The van der Waals surface area contributed by atoms with Gasteiger partial charge in [-0.15, -0.1) is 22.7 Å². The summed E-state index contributed by atoms with van der Waals surface area (Å²) in [6.07, 6.45) is 0. The van der Waals surface area contributed by atoms with E-state index < -0.39 is 0 Å². The van der Waals surface area contributed by atoms with Crippen molar-refractivity contribution in [2.75, 3.05) is 4.90 Å². The molecule has 0 atom stereocenters. The standard InChI is InChI=1S/C50H32N4O2S2/c55-54(56)50-37(33-24-26-43-40(32-33)38-20-10-12-22-41(38)52(43)36-18-8-3-9-19-36)25-27-44-49(50)39-21-11-13-23-42(39)53(44)48-31-29-46(58-48)45-28-30-47(57-45)51(34-14-4-1-5-15-34)35-16-6-2-7-17-35/h1-32H. The lowest BCUT2D eigenvalue weighted by Gasteiger charge is -2.23. The van der Waals surface area contributed by atoms with E-state index in [0.717, 1.165) is 80.6 Å². The largest absolute Gasteiger partial charge is 0.309 e. The summed E-state index contributed by atoms with van der Waals surface area (Å²) in [5.41, 5.74) is 8.65. The van der Waals surface area contributed by atoms with E-state index >= 15 is 0 Å². The smallest absolute Gasteiger partial charge is 0.287 e. The molecule has 58 heavy (non-hydrogen) atoms. The van der Waals surface area contributed by atoms with Gasteiger partial charge in [0.15, 0.2) is 0 Å². The SMILES string of the molecule is O=[N+]([O-])c1c(-c2ccc3c(c2)c2ccccc2n3-c2ccccc2)ccc2c1c1ccccc1n2-c1ccc(-c2ccc(N(c3ccccc3)c3ccccc3)s2)s1. The Morgan fingerprint density at radius 1 is 0.483 bits per heavy atom. The number of nitro benzene ring substituents is 1. The number of hydrogen-bond acceptors (Lipinski definition) is 5. The van der Waals surface area contributed by atoms with Crippen LogP contribution in [0.25, 0.3) is 75.2 Å². The molecule has 0 amide bonds. The van der Waals surface area contributed by atoms with Crippen molar-refractivity contribution in [1.82, 2.24) is 9.13 Å². The molecule has 7 aromatic carbocycles. The molecule has 6 nitrogen and oxygen atoms in total. The van der Waals surface area contributed by atoms with Gasteiger partial charge in [-0.3, -0.25) is 10.1 Å². The summed E-state index contributed by atoms with van der Waals surface area (Å²) in [7, 11) is 0. The maximum Gasteiger partial charge on any atom is 0.287 e. The molecule has 11 rings (SSSR count). The molecule has 4 heterocycles. The fourth-order valence-corrected chi connectivity index (χ4v) is 10.6. The Balaban J connectivity index is 1.04. The number of para-hydroxylation sites is 5. The quantitative estimate of drug-likeness (QED) is 0.114. The number of fused-ring (bicyclic) bond motifs is 6. The number of rotatable bonds is 8. The first kappa shape index (κ1) is 34.0. The lowest BCUT2D eigenvalue weighted by Crippen LogP contribution is -2.07. The molecule has 0 radical (unpaired) electrons. The highest BCUT2D eigenvalue weighted by Crippen LogP contribution is 2.47. The van der Waals surface area contributed by atoms with Crippen LogP contribution in [0.15, 0.2) is 194 Å². The van der Waals surface area contributed by atoms with E-state index in [4.69, 9.17) is 0 Å². The summed E-state index contributed by atoms with van der Waals surface area (Å²) in [5, 5.41) is 19.1. The lowest BCUT2D eigenvalue weighted by molar-refractivity contribution is -0.382. The highest BCUT2D eigenvalue weighted by molar-refractivity contribution is 7.25. The number of benzene rings is 7. The summed E-state index contributed by atoms with van der Waals surface area (Å²) in [6.45, 7) is 0. The van der Waals surface area contributed by atoms with Gasteiger partial charge in [0, 0.05) is 43.0 Å². The van der Waals surface area contributed by atoms with E-state index in [1.807, 2.05) is 66.7 Å². The van der Waals surface area contributed by atoms with Crippen LogP contribution in [0.5, 0.6) is 0 Å². The zero-order valence-electron chi connectivity index (χ0n) is 30.9. The first-order chi connectivity index (χ1) is 28.6. The summed E-state index contributed by atoms with van der Waals surface area (Å²) in [5.74, 6) is 0. The lowest BCUT2D eigenvalue weighted by atomic mass is 9.98. The Bertz CT molecular complexity index is 3290. The fraction of sp³-hybridized carbons (Fsp3) is 0. The van der Waals surface area contributed by atoms with Crippen molar-refractivity contribution in [3.8, 4) is 31.6 Å². The highest BCUT2D eigenvalue weighted by Gasteiger charge is 2.27. The van der Waals surface area contributed by atoms with Crippen LogP contribution in [0.2, 0.25) is 0 Å². The minimum absolute atomic E-state index is 0.111. The maximum absolute atomic E-state index is 13.3. The van der Waals surface area contributed by atoms with Crippen LogP contribution in [0, 0.1) is 10.1 Å². The number of nitro groups is 1. The van der Waals surface area contributed by atoms with E-state index in [0.29, 0.717) is 10.9 Å². The third kappa shape index (κ3) is 5.45. The Hall–Kier alpha value is -7.26. The predicted octanol–water partition coefficient (Wildman–Crippen LogP) is 14.7. The first-order valence-electron chi connectivity index (χ1n) is 19.0. The predicted molar refractivity (Wildman–Crippen MR) is 243 cm³/mol. The molecular formula is C50H32N4O2S2. The summed E-state index contributed by atoms with van der Waals surface area (Å²) < 4.78 is 4.44. The molecule has 11 aromatic rings. The van der Waals surface area contributed by atoms with E-state index in [1.54, 1.807) is 22.7 Å². The molecule has 0 fully saturated rings. The molecule has 0 aliphatic rings. The molecule has 276 valence electrons. The zero-order chi connectivity index (χ0) is 38.7. The minimum atomic E-state index is -0.204. The van der Waals surface area contributed by atoms with E-state index in [9.17, 15) is 10.1 Å². The van der Waals surface area contributed by atoms with Crippen molar-refractivity contribution in [1.29, 1.82) is 0 Å². The van der Waals surface area contributed by atoms with Crippen molar-refractivity contribution in [3.05, 3.63) is 204 Å². The monoisotopic (exact) mass is 784 g/mol. The number of thiophene rings is 2. The second-order valence-electron chi connectivity index (χ2n) is 14.2. The van der Waals surface area contributed by atoms with Gasteiger partial charge in [0.2, 0.25) is 0 Å². The van der Waals surface area contributed by atoms with E-state index in [-0.39, 0.29) is 10.6 Å². The molecule has 0 saturated carbocycles. The average Bonchev–Trinajstić information content (AvgIpc) is 4.08. The Kier molecular flexibility index (Phi) is 8.06. The summed E-state index contributed by atoms with van der Waals surface area (Å²) >= 11 is 3.44. The van der Waals surface area contributed by atoms with Crippen molar-refractivity contribution in [2.24, 2.45) is 0 Å². The second kappa shape index (κ2) is 13.7. The maximum atomic E-state index is 13.3. The first-order valence-corrected chi connectivity index (χ1v) is 20.7. The summed E-state index contributed by atoms with van der Waals surface area (Å²) in [6, 6.07) is 66.4. The molecule has 8 heteroatoms. The number of aromatic nitrogens is 2. The third-order valence-electron chi connectivity index (χ3n) is 10.9. The Morgan fingerprint density at radius 3 is 1.76 bits per heavy atom. The molecule has 0 aliphatic heterocycles. The van der Waals surface area contributed by atoms with E-state index in [1.165, 1.54) is 0 Å². The van der Waals surface area contributed by atoms with Crippen molar-refractivity contribution in [3.63, 3.8) is 0 Å². The second-order valence-corrected chi connectivity index (χ2v) is 16.3. The van der Waals surface area contributed by atoms with Gasteiger partial charge in [-0.2, -0.15) is 0 Å². The van der Waals surface area contributed by atoms with Gasteiger partial charge >= 0.3 is 0 Å². The zero-order valence-corrected chi connectivity index (χ0v) is 32.5. The van der Waals surface area contributed by atoms with Gasteiger partial charge in [0.05, 0.1) is 37.9 Å². The van der Waals surface area contributed by atoms with Crippen LogP contribution < -0.4 is 4.90 Å². The number of hydrogen-bond donors (Lipinski definition) is 0. The molecule has 0 bridgehead atoms. The number of anilines is 3. The Labute approximate surface area is 341 Å². The Morgan fingerprint density at radius 2 is 1.05 bits per heavy atom. The van der Waals surface area contributed by atoms with Crippen LogP contribution in [-0.4, -0.2) is 14.1 Å². The molecule has 0 spiro atoms. The molecule has 0 aliphatic carbocycles. The highest BCUT2D eigenvalue weighted by atomic mass is 32.1. The molecule has 0 N–H and O–H groups in total. The van der Waals surface area contributed by atoms with Crippen molar-refractivity contribution in [2.45, 2.75) is 0 Å². The van der Waals surface area contributed by atoms with E-state index in [2.05, 4.69) is 141 Å². The van der Waals surface area contributed by atoms with Crippen LogP contribution in [-0.2, 0) is 0 Å². The fourth-order valence-electron chi connectivity index (χ4n) is 8.42. The normalized spacial score (nSPS) is 11.6. The number of nitrogens with zero attached hydrogens (tertiary/aromatic N) is 4. The van der Waals surface area contributed by atoms with Gasteiger partial charge < -0.3 is 14.0 Å². The molecule has 4 aromatic heterocycles. The topological polar surface area (TPSA) is 56.2 Å². The van der Waals surface area contributed by atoms with Gasteiger partial charge in [-0.05, 0) is 103 Å². The average molecular weight is 785 g/mol. The van der Waals surface area contributed by atoms with Gasteiger partial charge in [0.25, 0.3) is 5.69 Å². The molecule has 0 saturated heterocycles. The van der Waals surface area contributed by atoms with Gasteiger partial charge in [-0.25, -0.2) is 0 Å². The van der Waals surface area contributed by atoms with Crippen LogP contribution in [0.4, 0.5) is 22.1 Å². The van der Waals surface area contributed by atoms with Crippen LogP contribution in [0.3, 0.4) is 0 Å². The summed E-state index contributed by atoms with van der Waals surface area (Å²) in [4.78, 5) is 17.7. The van der Waals surface area contributed by atoms with Gasteiger partial charge in [-0.1, -0.05) is 97.1 Å². The van der Waals surface area contributed by atoms with Crippen LogP contribution in [0.1, 0.15) is 0 Å². The van der Waals surface area contributed by atoms with Crippen LogP contribution >= 0.6 is 22.7 Å². The van der Waals surface area contributed by atoms with Gasteiger partial charge in [0.1, 0.15) is 10.0 Å². The third-order valence-corrected chi connectivity index (χ3v) is 13.2. The minimum Gasteiger partial charge on any atom is -0.309 e. The molecular weight excluding hydrogens is 753 g/mol. The van der Waals surface area contributed by atoms with Crippen molar-refractivity contribution >= 4 is 88.3 Å². The van der Waals surface area contributed by atoms with Crippen molar-refractivity contribution < 1.29 is 4.92 Å². The molecule has 0 unspecified atom stereocenters.